The van der Waals surface area contributed by atoms with E-state index < -0.39 is 10.0 Å². The van der Waals surface area contributed by atoms with Gasteiger partial charge in [0, 0.05) is 50.5 Å². The number of hydrogen-bond acceptors (Lipinski definition) is 10. The van der Waals surface area contributed by atoms with Gasteiger partial charge in [0.1, 0.15) is 11.3 Å². The Hall–Kier alpha value is -3.16. The van der Waals surface area contributed by atoms with Crippen molar-refractivity contribution in [1.82, 2.24) is 24.2 Å². The molecule has 2 aliphatic rings. The topological polar surface area (TPSA) is 154 Å². The van der Waals surface area contributed by atoms with Gasteiger partial charge in [-0.15, -0.1) is 0 Å². The number of nitrogens with one attached hydrogen (secondary N) is 3. The highest BCUT2D eigenvalue weighted by atomic mass is 32.2. The number of nitrogens with zero attached hydrogens (tertiary/aromatic N) is 5. The molecule has 1 aromatic carbocycles. The Balaban J connectivity index is 1.31. The zero-order valence-electron chi connectivity index (χ0n) is 21.1. The smallest absolute Gasteiger partial charge is 0.231 e. The number of sulfonamides is 1. The zero-order valence-corrected chi connectivity index (χ0v) is 21.9. The van der Waals surface area contributed by atoms with E-state index >= 15 is 0 Å². The van der Waals surface area contributed by atoms with E-state index in [9.17, 15) is 8.42 Å². The van der Waals surface area contributed by atoms with Crippen LogP contribution in [0.5, 0.6) is 5.75 Å². The Labute approximate surface area is 217 Å². The summed E-state index contributed by atoms with van der Waals surface area (Å²) in [5, 5.41) is 6.88. The van der Waals surface area contributed by atoms with E-state index in [0.717, 1.165) is 35.6 Å². The fraction of sp³-hybridized carbons (Fsp3) is 0.542. The fourth-order valence-electron chi connectivity index (χ4n) is 5.04. The monoisotopic (exact) mass is 529 g/mol. The van der Waals surface area contributed by atoms with Gasteiger partial charge >= 0.3 is 0 Å². The second-order valence-electron chi connectivity index (χ2n) is 9.48. The van der Waals surface area contributed by atoms with Crippen molar-refractivity contribution < 1.29 is 13.2 Å². The average Bonchev–Trinajstić information content (AvgIpc) is 3.39. The average molecular weight is 530 g/mol. The van der Waals surface area contributed by atoms with Crippen LogP contribution in [0.2, 0.25) is 0 Å². The van der Waals surface area contributed by atoms with Crippen LogP contribution in [0.4, 0.5) is 23.1 Å². The first-order valence-corrected chi connectivity index (χ1v) is 14.4. The molecular formula is C24H35N9O3S. The number of aromatic nitrogens is 4. The summed E-state index contributed by atoms with van der Waals surface area (Å²) in [4.78, 5) is 19.0. The van der Waals surface area contributed by atoms with E-state index in [-0.39, 0.29) is 12.3 Å². The van der Waals surface area contributed by atoms with Crippen LogP contribution in [0.25, 0.3) is 11.2 Å². The van der Waals surface area contributed by atoms with Gasteiger partial charge in [0.05, 0.1) is 24.9 Å². The lowest BCUT2D eigenvalue weighted by molar-refractivity contribution is 0.384. The molecule has 3 heterocycles. The molecule has 2 fully saturated rings. The molecule has 37 heavy (non-hydrogen) atoms. The molecule has 0 atom stereocenters. The largest absolute Gasteiger partial charge is 0.494 e. The van der Waals surface area contributed by atoms with Gasteiger partial charge in [-0.1, -0.05) is 19.3 Å². The van der Waals surface area contributed by atoms with Gasteiger partial charge in [-0.3, -0.25) is 0 Å². The second-order valence-corrected chi connectivity index (χ2v) is 11.6. The van der Waals surface area contributed by atoms with Gasteiger partial charge in [-0.2, -0.15) is 14.3 Å². The van der Waals surface area contributed by atoms with E-state index in [0.29, 0.717) is 49.6 Å². The Morgan fingerprint density at radius 3 is 2.65 bits per heavy atom. The third-order valence-electron chi connectivity index (χ3n) is 7.04. The molecule has 200 valence electrons. The summed E-state index contributed by atoms with van der Waals surface area (Å²) in [5.74, 6) is 1.80. The Kier molecular flexibility index (Phi) is 7.63. The molecule has 0 unspecified atom stereocenters. The van der Waals surface area contributed by atoms with Crippen molar-refractivity contribution >= 4 is 44.3 Å². The highest BCUT2D eigenvalue weighted by Crippen LogP contribution is 2.33. The second kappa shape index (κ2) is 11.1. The van der Waals surface area contributed by atoms with Crippen LogP contribution in [0.15, 0.2) is 24.5 Å². The lowest BCUT2D eigenvalue weighted by Gasteiger charge is -2.35. The minimum atomic E-state index is -3.30. The third kappa shape index (κ3) is 5.73. The van der Waals surface area contributed by atoms with E-state index in [1.54, 1.807) is 13.4 Å². The van der Waals surface area contributed by atoms with E-state index in [4.69, 9.17) is 15.5 Å². The first-order chi connectivity index (χ1) is 18.0. The van der Waals surface area contributed by atoms with E-state index in [1.165, 1.54) is 23.6 Å². The Morgan fingerprint density at radius 2 is 1.92 bits per heavy atom. The number of H-pyrrole nitrogens is 1. The number of anilines is 4. The number of imidazole rings is 1. The quantitative estimate of drug-likeness (QED) is 0.324. The SMILES string of the molecule is COc1cc(N2CCN(S(=O)(=O)CCN)CC2)ccc1Nc1nc(NC2CCCCC2)c2[nH]cnc2n1. The summed E-state index contributed by atoms with van der Waals surface area (Å²) in [7, 11) is -1.68. The van der Waals surface area contributed by atoms with Crippen LogP contribution in [-0.4, -0.2) is 84.3 Å². The predicted molar refractivity (Wildman–Crippen MR) is 145 cm³/mol. The molecule has 0 spiro atoms. The molecule has 1 aliphatic carbocycles. The molecular weight excluding hydrogens is 494 g/mol. The highest BCUT2D eigenvalue weighted by Gasteiger charge is 2.27. The van der Waals surface area contributed by atoms with Crippen molar-refractivity contribution in [3.63, 3.8) is 0 Å². The maximum absolute atomic E-state index is 12.3. The molecule has 0 radical (unpaired) electrons. The summed E-state index contributed by atoms with van der Waals surface area (Å²) >= 11 is 0. The maximum Gasteiger partial charge on any atom is 0.231 e. The van der Waals surface area contributed by atoms with Gasteiger partial charge in [0.25, 0.3) is 0 Å². The standard InChI is InChI=1S/C24H35N9O3S/c1-36-20-15-18(32-10-12-33(13-11-32)37(34,35)14-9-25)7-8-19(20)29-24-30-22-21(26-16-27-22)23(31-24)28-17-5-3-2-4-6-17/h7-8,15-17H,2-6,9-14,25H2,1H3,(H3,26,27,28,29,30,31). The van der Waals surface area contributed by atoms with Gasteiger partial charge in [0.2, 0.25) is 16.0 Å². The number of nitrogens with two attached hydrogens (primary N) is 1. The van der Waals surface area contributed by atoms with Crippen molar-refractivity contribution in [2.75, 3.05) is 61.1 Å². The highest BCUT2D eigenvalue weighted by molar-refractivity contribution is 7.89. The van der Waals surface area contributed by atoms with Gasteiger partial charge < -0.3 is 31.0 Å². The predicted octanol–water partition coefficient (Wildman–Crippen LogP) is 2.26. The first kappa shape index (κ1) is 25.5. The van der Waals surface area contributed by atoms with Crippen molar-refractivity contribution in [2.24, 2.45) is 5.73 Å². The Morgan fingerprint density at radius 1 is 1.14 bits per heavy atom. The number of methoxy groups -OCH3 is 1. The molecule has 13 heteroatoms. The van der Waals surface area contributed by atoms with Crippen molar-refractivity contribution in [3.05, 3.63) is 24.5 Å². The van der Waals surface area contributed by atoms with Gasteiger partial charge in [0.15, 0.2) is 11.5 Å². The number of rotatable bonds is 9. The number of fused-ring (bicyclic) bond motifs is 1. The molecule has 1 saturated heterocycles. The van der Waals surface area contributed by atoms with Gasteiger partial charge in [-0.05, 0) is 25.0 Å². The lowest BCUT2D eigenvalue weighted by Crippen LogP contribution is -2.49. The van der Waals surface area contributed by atoms with Crippen LogP contribution in [0, 0.1) is 0 Å². The minimum Gasteiger partial charge on any atom is -0.494 e. The number of benzene rings is 1. The minimum absolute atomic E-state index is 0.0226. The van der Waals surface area contributed by atoms with Crippen LogP contribution in [-0.2, 0) is 10.0 Å². The van der Waals surface area contributed by atoms with Crippen molar-refractivity contribution in [1.29, 1.82) is 0 Å². The maximum atomic E-state index is 12.3. The summed E-state index contributed by atoms with van der Waals surface area (Å²) in [5.41, 5.74) is 8.54. The first-order valence-electron chi connectivity index (χ1n) is 12.8. The normalized spacial score (nSPS) is 17.7. The third-order valence-corrected chi connectivity index (χ3v) is 8.94. The number of hydrogen-bond donors (Lipinski definition) is 4. The number of aromatic amines is 1. The molecule has 1 saturated carbocycles. The lowest BCUT2D eigenvalue weighted by atomic mass is 9.95. The van der Waals surface area contributed by atoms with E-state index in [1.807, 2.05) is 18.2 Å². The summed E-state index contributed by atoms with van der Waals surface area (Å²) in [6, 6.07) is 6.25. The summed E-state index contributed by atoms with van der Waals surface area (Å²) in [6.07, 6.45) is 7.62. The van der Waals surface area contributed by atoms with Gasteiger partial charge in [-0.25, -0.2) is 13.4 Å². The van der Waals surface area contributed by atoms with Crippen LogP contribution in [0.1, 0.15) is 32.1 Å². The molecule has 1 aliphatic heterocycles. The molecule has 0 bridgehead atoms. The molecule has 12 nitrogen and oxygen atoms in total. The number of ether oxygens (including phenoxy) is 1. The summed E-state index contributed by atoms with van der Waals surface area (Å²) < 4.78 is 31.8. The zero-order chi connectivity index (χ0) is 25.8. The molecule has 2 aromatic heterocycles. The van der Waals surface area contributed by atoms with Crippen molar-refractivity contribution in [2.45, 2.75) is 38.1 Å². The van der Waals surface area contributed by atoms with Crippen LogP contribution < -0.4 is 26.0 Å². The van der Waals surface area contributed by atoms with Crippen LogP contribution >= 0.6 is 0 Å². The van der Waals surface area contributed by atoms with Crippen molar-refractivity contribution in [3.8, 4) is 5.75 Å². The van der Waals surface area contributed by atoms with E-state index in [2.05, 4.69) is 30.5 Å². The van der Waals surface area contributed by atoms with Crippen LogP contribution in [0.3, 0.4) is 0 Å². The molecule has 0 amide bonds. The number of piperazine rings is 1. The summed E-state index contributed by atoms with van der Waals surface area (Å²) in [6.45, 7) is 2.17. The molecule has 3 aromatic rings. The molecule has 5 N–H and O–H groups in total. The Bertz CT molecular complexity index is 1320. The fourth-order valence-corrected chi connectivity index (χ4v) is 6.31. The molecule has 5 rings (SSSR count).